The summed E-state index contributed by atoms with van der Waals surface area (Å²) in [5.41, 5.74) is 0.850. The highest BCUT2D eigenvalue weighted by molar-refractivity contribution is 7.10. The van der Waals surface area contributed by atoms with Crippen LogP contribution in [0.25, 0.3) is 0 Å². The Bertz CT molecular complexity index is 551. The Morgan fingerprint density at radius 3 is 3.10 bits per heavy atom. The van der Waals surface area contributed by atoms with Crippen molar-refractivity contribution in [2.75, 3.05) is 6.54 Å². The smallest absolute Gasteiger partial charge is 0.242 e. The van der Waals surface area contributed by atoms with Gasteiger partial charge in [0.25, 0.3) is 0 Å². The second kappa shape index (κ2) is 7.90. The molecule has 0 saturated heterocycles. The molecule has 7 heteroatoms. The van der Waals surface area contributed by atoms with E-state index in [1.54, 1.807) is 22.2 Å². The average molecular weight is 307 g/mol. The van der Waals surface area contributed by atoms with Crippen molar-refractivity contribution in [1.29, 1.82) is 0 Å². The summed E-state index contributed by atoms with van der Waals surface area (Å²) in [6.07, 6.45) is 2.88. The number of rotatable bonds is 8. The summed E-state index contributed by atoms with van der Waals surface area (Å²) in [6.45, 7) is 5.91. The predicted molar refractivity (Wildman–Crippen MR) is 82.9 cm³/mol. The fourth-order valence-electron chi connectivity index (χ4n) is 1.93. The van der Waals surface area contributed by atoms with Crippen LogP contribution in [-0.2, 0) is 17.9 Å². The summed E-state index contributed by atoms with van der Waals surface area (Å²) in [4.78, 5) is 13.1. The molecule has 0 radical (unpaired) electrons. The van der Waals surface area contributed by atoms with E-state index in [9.17, 15) is 4.79 Å². The van der Waals surface area contributed by atoms with Gasteiger partial charge in [-0.3, -0.25) is 4.79 Å². The molecule has 0 spiro atoms. The van der Waals surface area contributed by atoms with Gasteiger partial charge in [0.2, 0.25) is 5.91 Å². The molecule has 0 aliphatic heterocycles. The van der Waals surface area contributed by atoms with E-state index in [4.69, 9.17) is 0 Å². The van der Waals surface area contributed by atoms with Crippen LogP contribution in [-0.4, -0.2) is 27.4 Å². The summed E-state index contributed by atoms with van der Waals surface area (Å²) in [6, 6.07) is 4.02. The minimum Gasteiger partial charge on any atom is -0.347 e. The number of carbonyl (C=O) groups is 1. The number of amides is 1. The number of nitrogens with zero attached hydrogens (tertiary/aromatic N) is 3. The first kappa shape index (κ1) is 15.7. The number of hydrogen-bond donors (Lipinski definition) is 2. The van der Waals surface area contributed by atoms with Crippen molar-refractivity contribution in [2.24, 2.45) is 0 Å². The second-order valence-electron chi connectivity index (χ2n) is 4.89. The molecule has 2 N–H and O–H groups in total. The van der Waals surface area contributed by atoms with Crippen molar-refractivity contribution in [3.63, 3.8) is 0 Å². The molecular weight excluding hydrogens is 286 g/mol. The van der Waals surface area contributed by atoms with Crippen LogP contribution in [0.1, 0.15) is 36.9 Å². The Labute approximate surface area is 128 Å². The first-order valence-electron chi connectivity index (χ1n) is 7.11. The summed E-state index contributed by atoms with van der Waals surface area (Å²) < 4.78 is 1.57. The zero-order valence-electron chi connectivity index (χ0n) is 12.4. The van der Waals surface area contributed by atoms with Crippen molar-refractivity contribution in [1.82, 2.24) is 25.6 Å². The lowest BCUT2D eigenvalue weighted by molar-refractivity contribution is -0.122. The van der Waals surface area contributed by atoms with Crippen molar-refractivity contribution in [2.45, 2.75) is 39.4 Å². The monoisotopic (exact) mass is 307 g/mol. The first-order valence-corrected chi connectivity index (χ1v) is 7.99. The van der Waals surface area contributed by atoms with E-state index in [-0.39, 0.29) is 18.5 Å². The lowest BCUT2D eigenvalue weighted by atomic mass is 10.3. The molecule has 6 nitrogen and oxygen atoms in total. The minimum atomic E-state index is -0.0612. The van der Waals surface area contributed by atoms with E-state index < -0.39 is 0 Å². The van der Waals surface area contributed by atoms with E-state index in [0.29, 0.717) is 6.54 Å². The van der Waals surface area contributed by atoms with Crippen LogP contribution < -0.4 is 10.6 Å². The fraction of sp³-hybridized carbons (Fsp3) is 0.500. The maximum absolute atomic E-state index is 12.0. The molecule has 114 valence electrons. The van der Waals surface area contributed by atoms with Gasteiger partial charge in [0.05, 0.1) is 17.9 Å². The Hall–Kier alpha value is -1.73. The number of carbonyl (C=O) groups excluding carboxylic acids is 1. The predicted octanol–water partition coefficient (Wildman–Crippen LogP) is 1.72. The van der Waals surface area contributed by atoms with Crippen molar-refractivity contribution >= 4 is 17.2 Å². The third-order valence-electron chi connectivity index (χ3n) is 2.97. The SMILES string of the molecule is CCCNCc1cn(CC(=O)NC(C)c2cccs2)nn1. The molecule has 21 heavy (non-hydrogen) atoms. The van der Waals surface area contributed by atoms with Crippen LogP contribution in [0, 0.1) is 0 Å². The molecule has 2 aromatic rings. The van der Waals surface area contributed by atoms with Crippen molar-refractivity contribution in [3.8, 4) is 0 Å². The van der Waals surface area contributed by atoms with Crippen LogP contribution in [0.15, 0.2) is 23.7 Å². The lowest BCUT2D eigenvalue weighted by Crippen LogP contribution is -2.29. The summed E-state index contributed by atoms with van der Waals surface area (Å²) >= 11 is 1.64. The number of hydrogen-bond acceptors (Lipinski definition) is 5. The maximum Gasteiger partial charge on any atom is 0.242 e. The summed E-state index contributed by atoms with van der Waals surface area (Å²) in [7, 11) is 0. The molecule has 1 amide bonds. The topological polar surface area (TPSA) is 71.8 Å². The van der Waals surface area contributed by atoms with E-state index in [0.717, 1.165) is 23.5 Å². The van der Waals surface area contributed by atoms with Gasteiger partial charge in [-0.25, -0.2) is 4.68 Å². The molecule has 0 aliphatic carbocycles. The van der Waals surface area contributed by atoms with Gasteiger partial charge in [-0.15, -0.1) is 16.4 Å². The van der Waals surface area contributed by atoms with E-state index in [1.807, 2.05) is 24.4 Å². The second-order valence-corrected chi connectivity index (χ2v) is 5.87. The van der Waals surface area contributed by atoms with Gasteiger partial charge in [0, 0.05) is 11.4 Å². The molecule has 0 bridgehead atoms. The highest BCUT2D eigenvalue weighted by Crippen LogP contribution is 2.17. The van der Waals surface area contributed by atoms with E-state index in [2.05, 4.69) is 27.9 Å². The number of nitrogens with one attached hydrogen (secondary N) is 2. The van der Waals surface area contributed by atoms with Gasteiger partial charge in [-0.1, -0.05) is 18.2 Å². The van der Waals surface area contributed by atoms with Gasteiger partial charge in [-0.2, -0.15) is 0 Å². The quantitative estimate of drug-likeness (QED) is 0.728. The van der Waals surface area contributed by atoms with Crippen LogP contribution >= 0.6 is 11.3 Å². The van der Waals surface area contributed by atoms with Crippen LogP contribution in [0.3, 0.4) is 0 Å². The standard InChI is InChI=1S/C14H21N5OS/c1-3-6-15-8-12-9-19(18-17-12)10-14(20)16-11(2)13-5-4-7-21-13/h4-5,7,9,11,15H,3,6,8,10H2,1-2H3,(H,16,20). The highest BCUT2D eigenvalue weighted by atomic mass is 32.1. The zero-order chi connectivity index (χ0) is 15.1. The highest BCUT2D eigenvalue weighted by Gasteiger charge is 2.11. The maximum atomic E-state index is 12.0. The van der Waals surface area contributed by atoms with E-state index >= 15 is 0 Å². The van der Waals surface area contributed by atoms with Crippen LogP contribution in [0.2, 0.25) is 0 Å². The average Bonchev–Trinajstić information content (AvgIpc) is 3.10. The molecule has 2 heterocycles. The summed E-state index contributed by atoms with van der Waals surface area (Å²) in [5, 5.41) is 16.2. The van der Waals surface area contributed by atoms with Gasteiger partial charge in [0.1, 0.15) is 6.54 Å². The molecule has 0 saturated carbocycles. The largest absolute Gasteiger partial charge is 0.347 e. The van der Waals surface area contributed by atoms with Gasteiger partial charge >= 0.3 is 0 Å². The molecule has 1 atom stereocenters. The Morgan fingerprint density at radius 1 is 1.52 bits per heavy atom. The molecule has 1 unspecified atom stereocenters. The Morgan fingerprint density at radius 2 is 2.38 bits per heavy atom. The Balaban J connectivity index is 1.80. The molecular formula is C14H21N5OS. The third kappa shape index (κ3) is 4.95. The van der Waals surface area contributed by atoms with Crippen LogP contribution in [0.4, 0.5) is 0 Å². The normalized spacial score (nSPS) is 12.3. The van der Waals surface area contributed by atoms with Crippen molar-refractivity contribution in [3.05, 3.63) is 34.3 Å². The molecule has 0 aliphatic rings. The Kier molecular flexibility index (Phi) is 5.89. The molecule has 0 aromatic carbocycles. The minimum absolute atomic E-state index is 0.0201. The first-order chi connectivity index (χ1) is 10.2. The number of thiophene rings is 1. The van der Waals surface area contributed by atoms with Crippen molar-refractivity contribution < 1.29 is 4.79 Å². The third-order valence-corrected chi connectivity index (χ3v) is 4.03. The van der Waals surface area contributed by atoms with Gasteiger partial charge in [0.15, 0.2) is 0 Å². The number of aromatic nitrogens is 3. The van der Waals surface area contributed by atoms with Gasteiger partial charge in [-0.05, 0) is 31.3 Å². The van der Waals surface area contributed by atoms with Crippen LogP contribution in [0.5, 0.6) is 0 Å². The lowest BCUT2D eigenvalue weighted by Gasteiger charge is -2.11. The molecule has 2 aromatic heterocycles. The fourth-order valence-corrected chi connectivity index (χ4v) is 2.67. The summed E-state index contributed by atoms with van der Waals surface area (Å²) in [5.74, 6) is -0.0612. The zero-order valence-corrected chi connectivity index (χ0v) is 13.2. The molecule has 2 rings (SSSR count). The van der Waals surface area contributed by atoms with Gasteiger partial charge < -0.3 is 10.6 Å². The molecule has 0 fully saturated rings. The van der Waals surface area contributed by atoms with E-state index in [1.165, 1.54) is 0 Å².